The van der Waals surface area contributed by atoms with Gasteiger partial charge in [-0.15, -0.1) is 11.6 Å². The summed E-state index contributed by atoms with van der Waals surface area (Å²) in [6.45, 7) is 5.72. The molecule has 0 fully saturated rings. The van der Waals surface area contributed by atoms with Crippen molar-refractivity contribution in [1.29, 1.82) is 0 Å². The first-order valence-electron chi connectivity index (χ1n) is 4.23. The molecule has 1 aromatic rings. The molecule has 0 radical (unpaired) electrons. The minimum Gasteiger partial charge on any atom is -0.113 e. The molecule has 0 aliphatic carbocycles. The van der Waals surface area contributed by atoms with Gasteiger partial charge < -0.3 is 0 Å². The van der Waals surface area contributed by atoms with Gasteiger partial charge in [0.2, 0.25) is 0 Å². The van der Waals surface area contributed by atoms with Crippen LogP contribution in [-0.4, -0.2) is 0 Å². The maximum atomic E-state index is 6.12. The molecule has 0 aliphatic heterocycles. The molecule has 0 N–H and O–H groups in total. The molecule has 0 amide bonds. The smallest absolute Gasteiger partial charge is 0.0769 e. The van der Waals surface area contributed by atoms with Crippen LogP contribution in [0, 0.1) is 0 Å². The molecular formula is C12H13Cl. The summed E-state index contributed by atoms with van der Waals surface area (Å²) in [5.74, 6) is 0. The van der Waals surface area contributed by atoms with Crippen molar-refractivity contribution in [1.82, 2.24) is 0 Å². The zero-order valence-corrected chi connectivity index (χ0v) is 8.46. The fraction of sp³-hybridized carbons (Fsp3) is 0.167. The van der Waals surface area contributed by atoms with Crippen LogP contribution in [0.1, 0.15) is 17.9 Å². The van der Waals surface area contributed by atoms with Gasteiger partial charge in [0.25, 0.3) is 0 Å². The van der Waals surface area contributed by atoms with E-state index in [0.29, 0.717) is 0 Å². The zero-order chi connectivity index (χ0) is 9.68. The van der Waals surface area contributed by atoms with E-state index in [2.05, 4.69) is 6.58 Å². The van der Waals surface area contributed by atoms with Gasteiger partial charge in [-0.1, -0.05) is 54.6 Å². The first kappa shape index (κ1) is 10.1. The molecule has 1 rings (SSSR count). The van der Waals surface area contributed by atoms with Crippen molar-refractivity contribution in [2.24, 2.45) is 0 Å². The molecule has 0 bridgehead atoms. The third-order valence-corrected chi connectivity index (χ3v) is 2.07. The summed E-state index contributed by atoms with van der Waals surface area (Å²) in [5.41, 5.74) is 2.13. The van der Waals surface area contributed by atoms with Gasteiger partial charge in [-0.05, 0) is 12.5 Å². The molecule has 0 aliphatic rings. The Balaban J connectivity index is 2.69. The first-order chi connectivity index (χ1) is 6.20. The van der Waals surface area contributed by atoms with E-state index < -0.39 is 0 Å². The van der Waals surface area contributed by atoms with Gasteiger partial charge in [-0.25, -0.2) is 0 Å². The summed E-state index contributed by atoms with van der Waals surface area (Å²) in [6, 6.07) is 9.98. The SMILES string of the molecule is C=C(C)C=CC(Cl)c1ccccc1. The predicted molar refractivity (Wildman–Crippen MR) is 59.0 cm³/mol. The van der Waals surface area contributed by atoms with E-state index >= 15 is 0 Å². The van der Waals surface area contributed by atoms with E-state index in [-0.39, 0.29) is 5.38 Å². The van der Waals surface area contributed by atoms with Gasteiger partial charge in [-0.3, -0.25) is 0 Å². The lowest BCUT2D eigenvalue weighted by Gasteiger charge is -2.03. The highest BCUT2D eigenvalue weighted by atomic mass is 35.5. The Hall–Kier alpha value is -1.01. The molecule has 0 saturated carbocycles. The van der Waals surface area contributed by atoms with Crippen LogP contribution in [0.2, 0.25) is 0 Å². The highest BCUT2D eigenvalue weighted by Crippen LogP contribution is 2.21. The summed E-state index contributed by atoms with van der Waals surface area (Å²) in [5, 5.41) is -0.0575. The summed E-state index contributed by atoms with van der Waals surface area (Å²) in [6.07, 6.45) is 3.88. The lowest BCUT2D eigenvalue weighted by Crippen LogP contribution is -1.84. The Morgan fingerprint density at radius 3 is 2.54 bits per heavy atom. The summed E-state index contributed by atoms with van der Waals surface area (Å²) < 4.78 is 0. The maximum Gasteiger partial charge on any atom is 0.0769 e. The molecule has 0 heterocycles. The number of hydrogen-bond acceptors (Lipinski definition) is 0. The second-order valence-corrected chi connectivity index (χ2v) is 3.49. The summed E-state index contributed by atoms with van der Waals surface area (Å²) in [7, 11) is 0. The standard InChI is InChI=1S/C12H13Cl/c1-10(2)8-9-12(13)11-6-4-3-5-7-11/h3-9,12H,1H2,2H3. The minimum atomic E-state index is -0.0575. The highest BCUT2D eigenvalue weighted by molar-refractivity contribution is 6.22. The van der Waals surface area contributed by atoms with Gasteiger partial charge in [-0.2, -0.15) is 0 Å². The third-order valence-electron chi connectivity index (χ3n) is 1.67. The van der Waals surface area contributed by atoms with Gasteiger partial charge >= 0.3 is 0 Å². The minimum absolute atomic E-state index is 0.0575. The largest absolute Gasteiger partial charge is 0.113 e. The monoisotopic (exact) mass is 192 g/mol. The van der Waals surface area contributed by atoms with E-state index in [1.807, 2.05) is 49.4 Å². The van der Waals surface area contributed by atoms with Gasteiger partial charge in [0.15, 0.2) is 0 Å². The summed E-state index contributed by atoms with van der Waals surface area (Å²) in [4.78, 5) is 0. The topological polar surface area (TPSA) is 0 Å². The predicted octanol–water partition coefficient (Wildman–Crippen LogP) is 4.10. The third kappa shape index (κ3) is 3.47. The van der Waals surface area contributed by atoms with Crippen molar-refractivity contribution < 1.29 is 0 Å². The molecule has 0 nitrogen and oxygen atoms in total. The van der Waals surface area contributed by atoms with Crippen molar-refractivity contribution in [3.8, 4) is 0 Å². The first-order valence-corrected chi connectivity index (χ1v) is 4.66. The average molecular weight is 193 g/mol. The number of halogens is 1. The Bertz CT molecular complexity index is 298. The number of allylic oxidation sites excluding steroid dienone is 3. The molecule has 1 aromatic carbocycles. The van der Waals surface area contributed by atoms with E-state index in [0.717, 1.165) is 11.1 Å². The van der Waals surface area contributed by atoms with Gasteiger partial charge in [0.05, 0.1) is 5.38 Å². The van der Waals surface area contributed by atoms with E-state index in [9.17, 15) is 0 Å². The molecular weight excluding hydrogens is 180 g/mol. The van der Waals surface area contributed by atoms with Crippen LogP contribution in [0.25, 0.3) is 0 Å². The fourth-order valence-corrected chi connectivity index (χ4v) is 1.21. The Morgan fingerprint density at radius 1 is 1.38 bits per heavy atom. The van der Waals surface area contributed by atoms with Crippen LogP contribution in [0.4, 0.5) is 0 Å². The van der Waals surface area contributed by atoms with Crippen molar-refractivity contribution in [2.75, 3.05) is 0 Å². The maximum absolute atomic E-state index is 6.12. The fourth-order valence-electron chi connectivity index (χ4n) is 0.997. The van der Waals surface area contributed by atoms with Crippen LogP contribution in [-0.2, 0) is 0 Å². The lowest BCUT2D eigenvalue weighted by atomic mass is 10.1. The van der Waals surface area contributed by atoms with Crippen LogP contribution in [0.3, 0.4) is 0 Å². The van der Waals surface area contributed by atoms with Crippen LogP contribution >= 0.6 is 11.6 Å². The van der Waals surface area contributed by atoms with Crippen LogP contribution < -0.4 is 0 Å². The Morgan fingerprint density at radius 2 is 2.00 bits per heavy atom. The Labute approximate surface area is 84.5 Å². The van der Waals surface area contributed by atoms with Gasteiger partial charge in [0, 0.05) is 0 Å². The van der Waals surface area contributed by atoms with Crippen molar-refractivity contribution >= 4 is 11.6 Å². The Kier molecular flexibility index (Phi) is 3.78. The zero-order valence-electron chi connectivity index (χ0n) is 7.70. The molecule has 0 aromatic heterocycles. The highest BCUT2D eigenvalue weighted by Gasteiger charge is 2.00. The molecule has 1 heteroatoms. The normalized spacial score (nSPS) is 13.1. The number of hydrogen-bond donors (Lipinski definition) is 0. The molecule has 68 valence electrons. The van der Waals surface area contributed by atoms with Crippen LogP contribution in [0.5, 0.6) is 0 Å². The molecule has 0 saturated heterocycles. The van der Waals surface area contributed by atoms with E-state index in [1.165, 1.54) is 0 Å². The molecule has 13 heavy (non-hydrogen) atoms. The quantitative estimate of drug-likeness (QED) is 0.500. The van der Waals surface area contributed by atoms with Crippen molar-refractivity contribution in [3.63, 3.8) is 0 Å². The van der Waals surface area contributed by atoms with Gasteiger partial charge in [0.1, 0.15) is 0 Å². The lowest BCUT2D eigenvalue weighted by molar-refractivity contribution is 1.21. The van der Waals surface area contributed by atoms with E-state index in [1.54, 1.807) is 0 Å². The average Bonchev–Trinajstić information content (AvgIpc) is 2.15. The molecule has 1 atom stereocenters. The van der Waals surface area contributed by atoms with Crippen LogP contribution in [0.15, 0.2) is 54.6 Å². The second kappa shape index (κ2) is 4.88. The second-order valence-electron chi connectivity index (χ2n) is 3.02. The van der Waals surface area contributed by atoms with E-state index in [4.69, 9.17) is 11.6 Å². The van der Waals surface area contributed by atoms with Crippen molar-refractivity contribution in [2.45, 2.75) is 12.3 Å². The summed E-state index contributed by atoms with van der Waals surface area (Å²) >= 11 is 6.12. The molecule has 1 unspecified atom stereocenters. The molecule has 0 spiro atoms. The number of benzene rings is 1. The number of alkyl halides is 1. The number of rotatable bonds is 3. The van der Waals surface area contributed by atoms with Crippen molar-refractivity contribution in [3.05, 3.63) is 60.2 Å².